The van der Waals surface area contributed by atoms with Crippen LogP contribution in [0.1, 0.15) is 51.9 Å². The number of rotatable bonds is 3. The van der Waals surface area contributed by atoms with E-state index >= 15 is 0 Å². The molecule has 4 fully saturated rings. The lowest BCUT2D eigenvalue weighted by Crippen LogP contribution is -2.52. The second-order valence-corrected chi connectivity index (χ2v) is 8.47. The fourth-order valence-electron chi connectivity index (χ4n) is 5.38. The van der Waals surface area contributed by atoms with Gasteiger partial charge in [0, 0.05) is 50.7 Å². The first kappa shape index (κ1) is 16.8. The number of hydrogen-bond acceptors (Lipinski definition) is 4. The van der Waals surface area contributed by atoms with Gasteiger partial charge in [0.25, 0.3) is 0 Å². The summed E-state index contributed by atoms with van der Waals surface area (Å²) in [4.78, 5) is 17.4. The van der Waals surface area contributed by atoms with E-state index in [0.717, 1.165) is 52.0 Å². The largest absolute Gasteiger partial charge is 0.376 e. The van der Waals surface area contributed by atoms with Crippen molar-refractivity contribution in [2.24, 2.45) is 5.92 Å². The molecule has 5 heteroatoms. The molecule has 0 aromatic rings. The first-order chi connectivity index (χ1) is 11.7. The van der Waals surface area contributed by atoms with Gasteiger partial charge in [0.15, 0.2) is 0 Å². The van der Waals surface area contributed by atoms with Crippen molar-refractivity contribution in [3.63, 3.8) is 0 Å². The van der Waals surface area contributed by atoms with E-state index in [1.807, 2.05) is 0 Å². The van der Waals surface area contributed by atoms with Gasteiger partial charge in [-0.15, -0.1) is 0 Å². The Kier molecular flexibility index (Phi) is 5.11. The maximum absolute atomic E-state index is 12.7. The number of carbonyl (C=O) groups is 1. The minimum absolute atomic E-state index is 0.355. The van der Waals surface area contributed by atoms with E-state index in [-0.39, 0.29) is 0 Å². The highest BCUT2D eigenvalue weighted by Gasteiger charge is 2.35. The fraction of sp³-hybridized carbons (Fsp3) is 0.947. The molecule has 3 unspecified atom stereocenters. The summed E-state index contributed by atoms with van der Waals surface area (Å²) >= 11 is 0. The molecular formula is C19H33N3O2. The molecule has 2 bridgehead atoms. The Morgan fingerprint density at radius 3 is 2.46 bits per heavy atom. The van der Waals surface area contributed by atoms with Crippen molar-refractivity contribution in [3.8, 4) is 0 Å². The van der Waals surface area contributed by atoms with E-state index in [0.29, 0.717) is 36.1 Å². The fourth-order valence-corrected chi connectivity index (χ4v) is 5.38. The molecule has 136 valence electrons. The number of ether oxygens (including phenoxy) is 1. The molecule has 5 nitrogen and oxygen atoms in total. The normalized spacial score (nSPS) is 38.5. The van der Waals surface area contributed by atoms with Crippen molar-refractivity contribution >= 4 is 5.91 Å². The molecule has 0 saturated carbocycles. The summed E-state index contributed by atoms with van der Waals surface area (Å²) in [6.45, 7) is 7.03. The van der Waals surface area contributed by atoms with Crippen molar-refractivity contribution in [3.05, 3.63) is 0 Å². The molecular weight excluding hydrogens is 302 g/mol. The quantitative estimate of drug-likeness (QED) is 0.851. The Bertz CT molecular complexity index is 438. The van der Waals surface area contributed by atoms with Gasteiger partial charge in [-0.1, -0.05) is 0 Å². The number of carbonyl (C=O) groups excluding carboxylic acids is 1. The molecule has 0 spiro atoms. The van der Waals surface area contributed by atoms with Crippen LogP contribution in [0.15, 0.2) is 0 Å². The third-order valence-electron chi connectivity index (χ3n) is 6.64. The third-order valence-corrected chi connectivity index (χ3v) is 6.64. The maximum Gasteiger partial charge on any atom is 0.222 e. The topological polar surface area (TPSA) is 44.8 Å². The Morgan fingerprint density at radius 2 is 1.79 bits per heavy atom. The van der Waals surface area contributed by atoms with E-state index in [1.165, 1.54) is 25.7 Å². The first-order valence-electron chi connectivity index (χ1n) is 10.1. The third kappa shape index (κ3) is 3.78. The zero-order valence-corrected chi connectivity index (χ0v) is 15.1. The minimum Gasteiger partial charge on any atom is -0.376 e. The van der Waals surface area contributed by atoms with Crippen LogP contribution >= 0.6 is 0 Å². The first-order valence-corrected chi connectivity index (χ1v) is 10.1. The lowest BCUT2D eigenvalue weighted by atomic mass is 9.89. The maximum atomic E-state index is 12.7. The highest BCUT2D eigenvalue weighted by molar-refractivity contribution is 5.76. The van der Waals surface area contributed by atoms with E-state index in [1.54, 1.807) is 0 Å². The molecule has 0 aromatic carbocycles. The Labute approximate surface area is 146 Å². The van der Waals surface area contributed by atoms with Crippen LogP contribution in [0.3, 0.4) is 0 Å². The minimum atomic E-state index is 0.355. The van der Waals surface area contributed by atoms with Crippen molar-refractivity contribution < 1.29 is 9.53 Å². The SMILES string of the molecule is CC1CN(C2CCN(C(=O)CC3CC4CCC(C3)N4)CC2)CCO1. The second-order valence-electron chi connectivity index (χ2n) is 8.47. The van der Waals surface area contributed by atoms with Gasteiger partial charge in [-0.3, -0.25) is 9.69 Å². The summed E-state index contributed by atoms with van der Waals surface area (Å²) < 4.78 is 5.65. The molecule has 1 N–H and O–H groups in total. The van der Waals surface area contributed by atoms with E-state index in [2.05, 4.69) is 22.0 Å². The highest BCUT2D eigenvalue weighted by atomic mass is 16.5. The summed E-state index contributed by atoms with van der Waals surface area (Å²) in [6, 6.07) is 2.03. The smallest absolute Gasteiger partial charge is 0.222 e. The van der Waals surface area contributed by atoms with Gasteiger partial charge in [0.05, 0.1) is 12.7 Å². The molecule has 1 amide bonds. The van der Waals surface area contributed by atoms with Crippen molar-refractivity contribution in [1.29, 1.82) is 0 Å². The number of morpholine rings is 1. The van der Waals surface area contributed by atoms with Gasteiger partial charge in [0.1, 0.15) is 0 Å². The summed E-state index contributed by atoms with van der Waals surface area (Å²) in [5.74, 6) is 1.03. The average molecular weight is 335 g/mol. The molecule has 4 rings (SSSR count). The standard InChI is InChI=1S/C19H33N3O2/c1-14-13-22(8-9-24-14)18-4-6-21(7-5-18)19(23)12-15-10-16-2-3-17(11-15)20-16/h14-18,20H,2-13H2,1H3. The van der Waals surface area contributed by atoms with Crippen LogP contribution in [0.5, 0.6) is 0 Å². The van der Waals surface area contributed by atoms with Crippen LogP contribution in [0.25, 0.3) is 0 Å². The van der Waals surface area contributed by atoms with Crippen molar-refractivity contribution in [2.75, 3.05) is 32.8 Å². The van der Waals surface area contributed by atoms with E-state index in [4.69, 9.17) is 4.74 Å². The van der Waals surface area contributed by atoms with Gasteiger partial charge in [-0.2, -0.15) is 0 Å². The average Bonchev–Trinajstić information content (AvgIpc) is 2.93. The number of fused-ring (bicyclic) bond motifs is 2. The summed E-state index contributed by atoms with van der Waals surface area (Å²) in [7, 11) is 0. The molecule has 0 aromatic heterocycles. The monoisotopic (exact) mass is 335 g/mol. The van der Waals surface area contributed by atoms with Crippen molar-refractivity contribution in [1.82, 2.24) is 15.1 Å². The van der Waals surface area contributed by atoms with Gasteiger partial charge >= 0.3 is 0 Å². The lowest BCUT2D eigenvalue weighted by molar-refractivity contribution is -0.134. The number of amides is 1. The van der Waals surface area contributed by atoms with Crippen LogP contribution in [-0.4, -0.2) is 72.7 Å². The zero-order valence-electron chi connectivity index (χ0n) is 15.1. The van der Waals surface area contributed by atoms with Gasteiger partial charge in [-0.25, -0.2) is 0 Å². The van der Waals surface area contributed by atoms with Crippen LogP contribution in [0.4, 0.5) is 0 Å². The highest BCUT2D eigenvalue weighted by Crippen LogP contribution is 2.33. The molecule has 4 heterocycles. The molecule has 3 atom stereocenters. The second kappa shape index (κ2) is 7.30. The Hall–Kier alpha value is -0.650. The van der Waals surface area contributed by atoms with Crippen LogP contribution in [0, 0.1) is 5.92 Å². The number of piperidine rings is 2. The Balaban J connectivity index is 1.23. The summed E-state index contributed by atoms with van der Waals surface area (Å²) in [5.41, 5.74) is 0. The number of nitrogens with zero attached hydrogens (tertiary/aromatic N) is 2. The van der Waals surface area contributed by atoms with E-state index < -0.39 is 0 Å². The van der Waals surface area contributed by atoms with Crippen LogP contribution in [0.2, 0.25) is 0 Å². The van der Waals surface area contributed by atoms with Crippen LogP contribution < -0.4 is 5.32 Å². The van der Waals surface area contributed by atoms with Crippen molar-refractivity contribution in [2.45, 2.75) is 76.1 Å². The van der Waals surface area contributed by atoms with Gasteiger partial charge in [-0.05, 0) is 51.4 Å². The molecule has 4 aliphatic rings. The number of likely N-dealkylation sites (tertiary alicyclic amines) is 1. The Morgan fingerprint density at radius 1 is 1.08 bits per heavy atom. The summed E-state index contributed by atoms with van der Waals surface area (Å²) in [5, 5.41) is 3.68. The molecule has 0 radical (unpaired) electrons. The predicted molar refractivity (Wildman–Crippen MR) is 93.9 cm³/mol. The van der Waals surface area contributed by atoms with Gasteiger partial charge < -0.3 is 15.0 Å². The molecule has 0 aliphatic carbocycles. The predicted octanol–water partition coefficient (Wildman–Crippen LogP) is 1.62. The van der Waals surface area contributed by atoms with Gasteiger partial charge in [0.2, 0.25) is 5.91 Å². The number of hydrogen-bond donors (Lipinski definition) is 1. The van der Waals surface area contributed by atoms with Crippen LogP contribution in [-0.2, 0) is 9.53 Å². The van der Waals surface area contributed by atoms with E-state index in [9.17, 15) is 4.79 Å². The number of nitrogens with one attached hydrogen (secondary N) is 1. The molecule has 24 heavy (non-hydrogen) atoms. The molecule has 4 saturated heterocycles. The zero-order chi connectivity index (χ0) is 16.5. The molecule has 4 aliphatic heterocycles. The lowest BCUT2D eigenvalue weighted by Gasteiger charge is -2.42. The summed E-state index contributed by atoms with van der Waals surface area (Å²) in [6.07, 6.45) is 8.47.